The molecular weight excluding hydrogens is 344 g/mol. The first-order valence-corrected chi connectivity index (χ1v) is 6.86. The number of hydrogen-bond donors (Lipinski definition) is 0. The predicted octanol–water partition coefficient (Wildman–Crippen LogP) is 3.46. The molecule has 0 radical (unpaired) electrons. The third-order valence-electron chi connectivity index (χ3n) is 3.26. The molecule has 0 spiro atoms. The summed E-state index contributed by atoms with van der Waals surface area (Å²) in [5.74, 6) is -2.32. The Kier molecular flexibility index (Phi) is 3.33. The summed E-state index contributed by atoms with van der Waals surface area (Å²) in [4.78, 5) is 25.0. The van der Waals surface area contributed by atoms with Crippen molar-refractivity contribution in [1.82, 2.24) is 0 Å². The maximum Gasteiger partial charge on any atom is 0.299 e. The van der Waals surface area contributed by atoms with Crippen molar-refractivity contribution in [2.45, 2.75) is 6.54 Å². The molecule has 0 saturated carbocycles. The number of halogens is 3. The van der Waals surface area contributed by atoms with E-state index in [0.29, 0.717) is 5.56 Å². The van der Waals surface area contributed by atoms with Gasteiger partial charge < -0.3 is 4.90 Å². The van der Waals surface area contributed by atoms with Gasteiger partial charge in [-0.3, -0.25) is 9.59 Å². The van der Waals surface area contributed by atoms with Crippen LogP contribution in [0.1, 0.15) is 15.9 Å². The fourth-order valence-corrected chi connectivity index (χ4v) is 2.67. The summed E-state index contributed by atoms with van der Waals surface area (Å²) < 4.78 is 26.8. The third kappa shape index (κ3) is 2.35. The van der Waals surface area contributed by atoms with E-state index in [2.05, 4.69) is 15.9 Å². The third-order valence-corrected chi connectivity index (χ3v) is 3.87. The van der Waals surface area contributed by atoms with Gasteiger partial charge in [0.2, 0.25) is 0 Å². The molecule has 2 aromatic rings. The highest BCUT2D eigenvalue weighted by Crippen LogP contribution is 2.31. The molecule has 1 aliphatic rings. The molecule has 0 unspecified atom stereocenters. The topological polar surface area (TPSA) is 37.4 Å². The second-order valence-corrected chi connectivity index (χ2v) is 5.48. The summed E-state index contributed by atoms with van der Waals surface area (Å²) in [5.41, 5.74) is 1.05. The SMILES string of the molecule is O=C1C(=O)N(Cc2ccc(F)c(Br)c2)c2cc(F)ccc21. The number of ketones is 1. The number of carbonyl (C=O) groups is 2. The highest BCUT2D eigenvalue weighted by Gasteiger charge is 2.35. The van der Waals surface area contributed by atoms with Gasteiger partial charge in [0, 0.05) is 0 Å². The minimum atomic E-state index is -0.712. The molecule has 21 heavy (non-hydrogen) atoms. The van der Waals surface area contributed by atoms with Crippen LogP contribution in [0.4, 0.5) is 14.5 Å². The van der Waals surface area contributed by atoms with Crippen LogP contribution in [0.5, 0.6) is 0 Å². The van der Waals surface area contributed by atoms with Crippen LogP contribution >= 0.6 is 15.9 Å². The molecule has 1 amide bonds. The van der Waals surface area contributed by atoms with Gasteiger partial charge in [0.15, 0.2) is 0 Å². The summed E-state index contributed by atoms with van der Waals surface area (Å²) >= 11 is 3.06. The first-order chi connectivity index (χ1) is 9.97. The minimum absolute atomic E-state index is 0.0694. The molecule has 0 atom stereocenters. The molecule has 1 aliphatic heterocycles. The van der Waals surface area contributed by atoms with E-state index in [0.717, 1.165) is 12.1 Å². The Balaban J connectivity index is 1.99. The minimum Gasteiger partial charge on any atom is -0.300 e. The van der Waals surface area contributed by atoms with Crippen molar-refractivity contribution in [2.24, 2.45) is 0 Å². The number of fused-ring (bicyclic) bond motifs is 1. The molecule has 3 nitrogen and oxygen atoms in total. The molecule has 0 saturated heterocycles. The molecule has 106 valence electrons. The van der Waals surface area contributed by atoms with Crippen molar-refractivity contribution in [3.63, 3.8) is 0 Å². The van der Waals surface area contributed by atoms with Crippen LogP contribution in [0.25, 0.3) is 0 Å². The molecule has 1 heterocycles. The fraction of sp³-hybridized carbons (Fsp3) is 0.0667. The van der Waals surface area contributed by atoms with Gasteiger partial charge in [0.25, 0.3) is 11.7 Å². The molecule has 0 bridgehead atoms. The molecule has 0 aromatic heterocycles. The number of carbonyl (C=O) groups excluding carboxylic acids is 2. The summed E-state index contributed by atoms with van der Waals surface area (Å²) in [7, 11) is 0. The first-order valence-electron chi connectivity index (χ1n) is 6.07. The van der Waals surface area contributed by atoms with E-state index in [4.69, 9.17) is 0 Å². The zero-order valence-corrected chi connectivity index (χ0v) is 12.2. The maximum atomic E-state index is 13.3. The standard InChI is InChI=1S/C15H8BrF2NO2/c16-11-5-8(1-4-12(11)18)7-19-13-6-9(17)2-3-10(13)14(20)15(19)21/h1-6H,7H2. The second-order valence-electron chi connectivity index (χ2n) is 4.63. The van der Waals surface area contributed by atoms with E-state index in [9.17, 15) is 18.4 Å². The Bertz CT molecular complexity index is 776. The molecule has 3 rings (SSSR count). The van der Waals surface area contributed by atoms with E-state index >= 15 is 0 Å². The Morgan fingerprint density at radius 3 is 2.52 bits per heavy atom. The zero-order chi connectivity index (χ0) is 15.1. The molecule has 0 fully saturated rings. The van der Waals surface area contributed by atoms with Crippen LogP contribution in [-0.4, -0.2) is 11.7 Å². The largest absolute Gasteiger partial charge is 0.300 e. The van der Waals surface area contributed by atoms with Gasteiger partial charge in [-0.05, 0) is 51.8 Å². The number of anilines is 1. The summed E-state index contributed by atoms with van der Waals surface area (Å²) in [6.07, 6.45) is 0. The lowest BCUT2D eigenvalue weighted by Crippen LogP contribution is -2.29. The van der Waals surface area contributed by atoms with Crippen molar-refractivity contribution in [3.05, 3.63) is 63.6 Å². The highest BCUT2D eigenvalue weighted by molar-refractivity contribution is 9.10. The number of Topliss-reactive ketones (excluding diaryl/α,β-unsaturated/α-hetero) is 1. The van der Waals surface area contributed by atoms with Crippen molar-refractivity contribution in [2.75, 3.05) is 4.90 Å². The predicted molar refractivity (Wildman–Crippen MR) is 76.0 cm³/mol. The van der Waals surface area contributed by atoms with E-state index in [-0.39, 0.29) is 22.3 Å². The molecular formula is C15H8BrF2NO2. The Morgan fingerprint density at radius 2 is 1.81 bits per heavy atom. The normalized spacial score (nSPS) is 13.8. The van der Waals surface area contributed by atoms with Crippen LogP contribution in [0.3, 0.4) is 0 Å². The summed E-state index contributed by atoms with van der Waals surface area (Å²) in [6, 6.07) is 7.87. The van der Waals surface area contributed by atoms with Crippen LogP contribution in [0.15, 0.2) is 40.9 Å². The van der Waals surface area contributed by atoms with E-state index in [1.165, 1.54) is 29.2 Å². The maximum absolute atomic E-state index is 13.3. The monoisotopic (exact) mass is 351 g/mol. The number of rotatable bonds is 2. The first kappa shape index (κ1) is 13.9. The average Bonchev–Trinajstić information content (AvgIpc) is 2.68. The number of hydrogen-bond acceptors (Lipinski definition) is 2. The molecule has 0 N–H and O–H groups in total. The van der Waals surface area contributed by atoms with Crippen molar-refractivity contribution >= 4 is 33.3 Å². The van der Waals surface area contributed by atoms with Crippen LogP contribution < -0.4 is 4.90 Å². The van der Waals surface area contributed by atoms with Gasteiger partial charge in [0.1, 0.15) is 11.6 Å². The van der Waals surface area contributed by atoms with E-state index < -0.39 is 23.3 Å². The van der Waals surface area contributed by atoms with Crippen LogP contribution in [0.2, 0.25) is 0 Å². The lowest BCUT2D eigenvalue weighted by Gasteiger charge is -2.16. The Labute approximate surface area is 127 Å². The lowest BCUT2D eigenvalue weighted by molar-refractivity contribution is -0.114. The fourth-order valence-electron chi connectivity index (χ4n) is 2.24. The van der Waals surface area contributed by atoms with E-state index in [1.807, 2.05) is 0 Å². The summed E-state index contributed by atoms with van der Waals surface area (Å²) in [5, 5.41) is 0. The van der Waals surface area contributed by atoms with Crippen LogP contribution in [0, 0.1) is 11.6 Å². The van der Waals surface area contributed by atoms with Gasteiger partial charge in [-0.1, -0.05) is 6.07 Å². The second kappa shape index (κ2) is 5.04. The summed E-state index contributed by atoms with van der Waals surface area (Å²) in [6.45, 7) is 0.0694. The quantitative estimate of drug-likeness (QED) is 0.777. The highest BCUT2D eigenvalue weighted by atomic mass is 79.9. The van der Waals surface area contributed by atoms with Crippen molar-refractivity contribution < 1.29 is 18.4 Å². The van der Waals surface area contributed by atoms with Gasteiger partial charge in [-0.25, -0.2) is 8.78 Å². The van der Waals surface area contributed by atoms with E-state index in [1.54, 1.807) is 0 Å². The number of nitrogens with zero attached hydrogens (tertiary/aromatic N) is 1. The lowest BCUT2D eigenvalue weighted by atomic mass is 10.1. The number of benzene rings is 2. The molecule has 2 aromatic carbocycles. The Hall–Kier alpha value is -2.08. The van der Waals surface area contributed by atoms with Crippen molar-refractivity contribution in [1.29, 1.82) is 0 Å². The number of amides is 1. The molecule has 6 heteroatoms. The van der Waals surface area contributed by atoms with Crippen LogP contribution in [-0.2, 0) is 11.3 Å². The van der Waals surface area contributed by atoms with Crippen molar-refractivity contribution in [3.8, 4) is 0 Å². The van der Waals surface area contributed by atoms with Gasteiger partial charge in [0.05, 0.1) is 22.3 Å². The van der Waals surface area contributed by atoms with Gasteiger partial charge >= 0.3 is 0 Å². The zero-order valence-electron chi connectivity index (χ0n) is 10.6. The smallest absolute Gasteiger partial charge is 0.299 e. The average molecular weight is 352 g/mol. The Morgan fingerprint density at radius 1 is 1.05 bits per heavy atom. The van der Waals surface area contributed by atoms with Gasteiger partial charge in [-0.15, -0.1) is 0 Å². The van der Waals surface area contributed by atoms with Gasteiger partial charge in [-0.2, -0.15) is 0 Å². The molecule has 0 aliphatic carbocycles.